The molecule has 0 aromatic heterocycles. The summed E-state index contributed by atoms with van der Waals surface area (Å²) in [5.74, 6) is -0.251. The summed E-state index contributed by atoms with van der Waals surface area (Å²) in [4.78, 5) is 10.5. The number of hydrogen-bond donors (Lipinski definition) is 1. The van der Waals surface area contributed by atoms with E-state index in [-0.39, 0.29) is 5.92 Å². The summed E-state index contributed by atoms with van der Waals surface area (Å²) >= 11 is 1.68. The highest BCUT2D eigenvalue weighted by Gasteiger charge is 2.18. The molecular formula is C5H10INO2. The van der Waals surface area contributed by atoms with Gasteiger partial charge in [-0.15, -0.1) is 0 Å². The van der Waals surface area contributed by atoms with Crippen LogP contribution in [0.4, 0.5) is 0 Å². The Balaban J connectivity index is 3.83. The van der Waals surface area contributed by atoms with Gasteiger partial charge < -0.3 is 8.80 Å². The summed E-state index contributed by atoms with van der Waals surface area (Å²) < 4.78 is 4.77. The van der Waals surface area contributed by atoms with Gasteiger partial charge in [-0.25, -0.2) is 0 Å². The van der Waals surface area contributed by atoms with Gasteiger partial charge in [0.1, 0.15) is 23.0 Å². The van der Waals surface area contributed by atoms with Crippen molar-refractivity contribution < 1.29 is 7.86 Å². The zero-order valence-electron chi connectivity index (χ0n) is 5.43. The van der Waals surface area contributed by atoms with Crippen LogP contribution in [0, 0.1) is 5.92 Å². The Hall–Kier alpha value is 0.160. The first-order valence-corrected chi connectivity index (χ1v) is 3.54. The molecule has 3 nitrogen and oxygen atoms in total. The standard InChI is InChI=1S/C5H10INO2/c1-3(2)4(9-6)5(7)8/h3-4H,1-2H3,(H2,7,8)/t4-/m0/s1. The average molecular weight is 243 g/mol. The third-order valence-corrected chi connectivity index (χ3v) is 1.53. The maximum Gasteiger partial charge on any atom is 0.247 e. The minimum absolute atomic E-state index is 0.152. The van der Waals surface area contributed by atoms with Crippen LogP contribution in [0.2, 0.25) is 0 Å². The van der Waals surface area contributed by atoms with Crippen molar-refractivity contribution in [3.63, 3.8) is 0 Å². The van der Waals surface area contributed by atoms with Crippen LogP contribution in [0.3, 0.4) is 0 Å². The maximum atomic E-state index is 10.5. The largest absolute Gasteiger partial charge is 0.367 e. The van der Waals surface area contributed by atoms with Gasteiger partial charge in [-0.3, -0.25) is 4.79 Å². The highest BCUT2D eigenvalue weighted by Crippen LogP contribution is 2.08. The molecule has 0 radical (unpaired) electrons. The second-order valence-corrected chi connectivity index (χ2v) is 2.66. The fraction of sp³-hybridized carbons (Fsp3) is 0.800. The first-order valence-electron chi connectivity index (χ1n) is 2.66. The first-order chi connectivity index (χ1) is 4.09. The van der Waals surface area contributed by atoms with E-state index >= 15 is 0 Å². The van der Waals surface area contributed by atoms with Crippen LogP contribution in [0.15, 0.2) is 0 Å². The van der Waals surface area contributed by atoms with Crippen LogP contribution < -0.4 is 5.73 Å². The van der Waals surface area contributed by atoms with E-state index in [1.54, 1.807) is 23.0 Å². The van der Waals surface area contributed by atoms with E-state index in [1.807, 2.05) is 13.8 Å². The lowest BCUT2D eigenvalue weighted by Gasteiger charge is -2.12. The topological polar surface area (TPSA) is 52.3 Å². The van der Waals surface area contributed by atoms with E-state index < -0.39 is 12.0 Å². The Morgan fingerprint density at radius 2 is 2.11 bits per heavy atom. The van der Waals surface area contributed by atoms with Crippen LogP contribution in [-0.4, -0.2) is 12.0 Å². The van der Waals surface area contributed by atoms with Crippen molar-refractivity contribution in [1.29, 1.82) is 0 Å². The van der Waals surface area contributed by atoms with Gasteiger partial charge >= 0.3 is 0 Å². The number of amides is 1. The van der Waals surface area contributed by atoms with Gasteiger partial charge in [0, 0.05) is 0 Å². The molecule has 1 amide bonds. The highest BCUT2D eigenvalue weighted by atomic mass is 127. The normalized spacial score (nSPS) is 13.8. The van der Waals surface area contributed by atoms with Crippen LogP contribution >= 0.6 is 23.0 Å². The van der Waals surface area contributed by atoms with Crippen molar-refractivity contribution in [3.8, 4) is 0 Å². The van der Waals surface area contributed by atoms with Gasteiger partial charge in [-0.05, 0) is 5.92 Å². The number of nitrogens with two attached hydrogens (primary N) is 1. The molecule has 0 heterocycles. The van der Waals surface area contributed by atoms with E-state index in [1.165, 1.54) is 0 Å². The van der Waals surface area contributed by atoms with E-state index in [9.17, 15) is 4.79 Å². The van der Waals surface area contributed by atoms with Gasteiger partial charge in [0.05, 0.1) is 0 Å². The smallest absolute Gasteiger partial charge is 0.247 e. The summed E-state index contributed by atoms with van der Waals surface area (Å²) in [6.07, 6.45) is -0.453. The Labute approximate surface area is 68.6 Å². The van der Waals surface area contributed by atoms with Crippen LogP contribution in [0.5, 0.6) is 0 Å². The Kier molecular flexibility index (Phi) is 4.12. The number of halogens is 1. The lowest BCUT2D eigenvalue weighted by atomic mass is 10.1. The molecule has 9 heavy (non-hydrogen) atoms. The second-order valence-electron chi connectivity index (χ2n) is 2.16. The summed E-state index contributed by atoms with van der Waals surface area (Å²) in [5, 5.41) is 0. The lowest BCUT2D eigenvalue weighted by Crippen LogP contribution is -2.33. The molecule has 0 aliphatic carbocycles. The molecule has 0 rings (SSSR count). The molecule has 0 spiro atoms. The Morgan fingerprint density at radius 3 is 2.11 bits per heavy atom. The number of primary amides is 1. The second kappa shape index (κ2) is 4.05. The van der Waals surface area contributed by atoms with Crippen molar-refractivity contribution in [3.05, 3.63) is 0 Å². The molecule has 0 saturated heterocycles. The molecule has 4 heteroatoms. The highest BCUT2D eigenvalue weighted by molar-refractivity contribution is 14.1. The zero-order valence-corrected chi connectivity index (χ0v) is 7.58. The molecule has 0 saturated carbocycles. The SMILES string of the molecule is CC(C)[C@H](OI)C(N)=O. The van der Waals surface area contributed by atoms with Crippen molar-refractivity contribution in [2.24, 2.45) is 11.7 Å². The number of carbonyl (C=O) groups excluding carboxylic acids is 1. The van der Waals surface area contributed by atoms with Crippen LogP contribution in [0.25, 0.3) is 0 Å². The monoisotopic (exact) mass is 243 g/mol. The molecule has 0 bridgehead atoms. The molecule has 2 N–H and O–H groups in total. The van der Waals surface area contributed by atoms with Gasteiger partial charge in [0.15, 0.2) is 6.10 Å². The van der Waals surface area contributed by atoms with Gasteiger partial charge in [0.25, 0.3) is 0 Å². The molecule has 0 fully saturated rings. The molecule has 0 unspecified atom stereocenters. The fourth-order valence-corrected chi connectivity index (χ4v) is 1.31. The number of carbonyl (C=O) groups is 1. The minimum Gasteiger partial charge on any atom is -0.367 e. The molecule has 0 aliphatic heterocycles. The van der Waals surface area contributed by atoms with E-state index in [2.05, 4.69) is 0 Å². The number of hydrogen-bond acceptors (Lipinski definition) is 2. The molecule has 0 aromatic rings. The van der Waals surface area contributed by atoms with Crippen LogP contribution in [-0.2, 0) is 7.86 Å². The van der Waals surface area contributed by atoms with Gasteiger partial charge in [0.2, 0.25) is 5.91 Å². The van der Waals surface area contributed by atoms with E-state index in [4.69, 9.17) is 8.80 Å². The van der Waals surface area contributed by atoms with E-state index in [0.29, 0.717) is 0 Å². The molecule has 0 aromatic carbocycles. The number of rotatable bonds is 3. The van der Waals surface area contributed by atoms with Crippen molar-refractivity contribution >= 4 is 28.9 Å². The summed E-state index contributed by atoms with van der Waals surface area (Å²) in [6, 6.07) is 0. The van der Waals surface area contributed by atoms with Crippen molar-refractivity contribution in [1.82, 2.24) is 0 Å². The fourth-order valence-electron chi connectivity index (χ4n) is 0.475. The molecule has 0 aliphatic rings. The van der Waals surface area contributed by atoms with E-state index in [0.717, 1.165) is 0 Å². The van der Waals surface area contributed by atoms with Gasteiger partial charge in [-0.2, -0.15) is 0 Å². The average Bonchev–Trinajstić information content (AvgIpc) is 1.64. The first kappa shape index (κ1) is 9.16. The minimum atomic E-state index is -0.453. The molecular weight excluding hydrogens is 233 g/mol. The Morgan fingerprint density at radius 1 is 1.67 bits per heavy atom. The predicted octanol–water partition coefficient (Wildman–Crippen LogP) is 0.863. The van der Waals surface area contributed by atoms with Crippen molar-refractivity contribution in [2.45, 2.75) is 20.0 Å². The van der Waals surface area contributed by atoms with Gasteiger partial charge in [-0.1, -0.05) is 13.8 Å². The molecule has 54 valence electrons. The quantitative estimate of drug-likeness (QED) is 0.747. The molecule has 1 atom stereocenters. The maximum absolute atomic E-state index is 10.5. The Bertz CT molecular complexity index is 105. The summed E-state index contributed by atoms with van der Waals surface area (Å²) in [7, 11) is 0. The third-order valence-electron chi connectivity index (χ3n) is 0.982. The third kappa shape index (κ3) is 3.00. The predicted molar refractivity (Wildman–Crippen MR) is 42.9 cm³/mol. The zero-order chi connectivity index (χ0) is 7.44. The lowest BCUT2D eigenvalue weighted by molar-refractivity contribution is -0.125. The van der Waals surface area contributed by atoms with Crippen LogP contribution in [0.1, 0.15) is 13.8 Å². The van der Waals surface area contributed by atoms with Crippen molar-refractivity contribution in [2.75, 3.05) is 0 Å². The summed E-state index contributed by atoms with van der Waals surface area (Å²) in [6.45, 7) is 3.77. The summed E-state index contributed by atoms with van der Waals surface area (Å²) in [5.41, 5.74) is 4.98.